The minimum Gasteiger partial charge on any atom is -0.484 e. The smallest absolute Gasteiger partial charge is 0.292 e. The van der Waals surface area contributed by atoms with Crippen molar-refractivity contribution in [2.24, 2.45) is 0 Å². The number of rotatable bonds is 5. The summed E-state index contributed by atoms with van der Waals surface area (Å²) >= 11 is 5.79. The van der Waals surface area contributed by atoms with Crippen molar-refractivity contribution in [3.63, 3.8) is 0 Å². The first-order valence-electron chi connectivity index (χ1n) is 5.98. The normalized spacial score (nSPS) is 9.95. The van der Waals surface area contributed by atoms with Crippen LogP contribution in [0, 0.1) is 10.1 Å². The van der Waals surface area contributed by atoms with Gasteiger partial charge in [-0.1, -0.05) is 29.8 Å². The molecule has 2 aromatic carbocycles. The number of carbonyl (C=O) groups excluding carboxylic acids is 1. The molecule has 21 heavy (non-hydrogen) atoms. The molecule has 0 aliphatic carbocycles. The van der Waals surface area contributed by atoms with Crippen LogP contribution in [0.15, 0.2) is 48.5 Å². The van der Waals surface area contributed by atoms with E-state index in [2.05, 4.69) is 5.32 Å². The maximum Gasteiger partial charge on any atom is 0.292 e. The maximum atomic E-state index is 11.8. The summed E-state index contributed by atoms with van der Waals surface area (Å²) in [5.74, 6) is -0.0514. The van der Waals surface area contributed by atoms with Crippen molar-refractivity contribution in [1.29, 1.82) is 0 Å². The zero-order chi connectivity index (χ0) is 15.2. The summed E-state index contributed by atoms with van der Waals surface area (Å²) in [4.78, 5) is 22.0. The van der Waals surface area contributed by atoms with Gasteiger partial charge in [0.2, 0.25) is 0 Å². The van der Waals surface area contributed by atoms with E-state index in [9.17, 15) is 14.9 Å². The largest absolute Gasteiger partial charge is 0.484 e. The molecule has 0 saturated carbocycles. The van der Waals surface area contributed by atoms with E-state index >= 15 is 0 Å². The van der Waals surface area contributed by atoms with Gasteiger partial charge in [-0.25, -0.2) is 0 Å². The van der Waals surface area contributed by atoms with Crippen molar-refractivity contribution >= 4 is 28.9 Å². The number of ether oxygens (including phenoxy) is 1. The molecule has 1 amide bonds. The van der Waals surface area contributed by atoms with E-state index in [-0.39, 0.29) is 18.0 Å². The number of nitro groups is 1. The number of nitro benzene ring substituents is 1. The Kier molecular flexibility index (Phi) is 4.73. The monoisotopic (exact) mass is 306 g/mol. The van der Waals surface area contributed by atoms with E-state index in [0.717, 1.165) is 0 Å². The Bertz CT molecular complexity index is 676. The number of para-hydroxylation sites is 2. The van der Waals surface area contributed by atoms with Crippen LogP contribution in [0.4, 0.5) is 11.4 Å². The zero-order valence-corrected chi connectivity index (χ0v) is 11.5. The highest BCUT2D eigenvalue weighted by Crippen LogP contribution is 2.23. The van der Waals surface area contributed by atoms with Crippen LogP contribution in [-0.2, 0) is 4.79 Å². The van der Waals surface area contributed by atoms with Crippen molar-refractivity contribution in [2.45, 2.75) is 0 Å². The van der Waals surface area contributed by atoms with Crippen LogP contribution < -0.4 is 10.1 Å². The molecule has 2 aromatic rings. The predicted octanol–water partition coefficient (Wildman–Crippen LogP) is 3.27. The summed E-state index contributed by atoms with van der Waals surface area (Å²) in [5, 5.41) is 13.8. The lowest BCUT2D eigenvalue weighted by molar-refractivity contribution is -0.383. The Morgan fingerprint density at radius 1 is 1.24 bits per heavy atom. The number of benzene rings is 2. The fourth-order valence-electron chi connectivity index (χ4n) is 1.63. The van der Waals surface area contributed by atoms with Crippen molar-refractivity contribution in [2.75, 3.05) is 11.9 Å². The number of anilines is 1. The highest BCUT2D eigenvalue weighted by Gasteiger charge is 2.14. The van der Waals surface area contributed by atoms with Crippen LogP contribution >= 0.6 is 11.6 Å². The number of hydrogen-bond acceptors (Lipinski definition) is 4. The fourth-order valence-corrected chi connectivity index (χ4v) is 1.81. The molecule has 7 heteroatoms. The molecular formula is C14H11ClN2O4. The summed E-state index contributed by atoms with van der Waals surface area (Å²) in [6.07, 6.45) is 0. The van der Waals surface area contributed by atoms with Gasteiger partial charge in [0.05, 0.1) is 4.92 Å². The molecular weight excluding hydrogens is 296 g/mol. The third-order valence-corrected chi connectivity index (χ3v) is 2.78. The second-order valence-electron chi connectivity index (χ2n) is 4.07. The van der Waals surface area contributed by atoms with E-state index in [0.29, 0.717) is 10.8 Å². The Morgan fingerprint density at radius 2 is 2.00 bits per heavy atom. The van der Waals surface area contributed by atoms with Crippen LogP contribution in [0.25, 0.3) is 0 Å². The quantitative estimate of drug-likeness (QED) is 0.679. The highest BCUT2D eigenvalue weighted by atomic mass is 35.5. The van der Waals surface area contributed by atoms with Crippen molar-refractivity contribution in [1.82, 2.24) is 0 Å². The molecule has 0 heterocycles. The van der Waals surface area contributed by atoms with Gasteiger partial charge in [0.1, 0.15) is 11.4 Å². The molecule has 2 rings (SSSR count). The summed E-state index contributed by atoms with van der Waals surface area (Å²) < 4.78 is 5.25. The summed E-state index contributed by atoms with van der Waals surface area (Å²) in [6, 6.07) is 12.5. The number of nitrogens with one attached hydrogen (secondary N) is 1. The number of hydrogen-bond donors (Lipinski definition) is 1. The molecule has 0 fully saturated rings. The van der Waals surface area contributed by atoms with Gasteiger partial charge in [0, 0.05) is 11.1 Å². The molecule has 0 aromatic heterocycles. The van der Waals surface area contributed by atoms with Gasteiger partial charge in [-0.3, -0.25) is 14.9 Å². The first kappa shape index (κ1) is 14.8. The lowest BCUT2D eigenvalue weighted by Gasteiger charge is -2.08. The fraction of sp³-hybridized carbons (Fsp3) is 0.0714. The average molecular weight is 307 g/mol. The van der Waals surface area contributed by atoms with Crippen molar-refractivity contribution < 1.29 is 14.5 Å². The van der Waals surface area contributed by atoms with E-state index in [1.54, 1.807) is 30.3 Å². The standard InChI is InChI=1S/C14H11ClN2O4/c15-10-4-3-5-11(8-10)21-9-14(18)16-12-6-1-2-7-13(12)17(19)20/h1-8H,9H2,(H,16,18). The lowest BCUT2D eigenvalue weighted by Crippen LogP contribution is -2.20. The number of nitrogens with zero attached hydrogens (tertiary/aromatic N) is 1. The SMILES string of the molecule is O=C(COc1cccc(Cl)c1)Nc1ccccc1[N+](=O)[O-]. The Balaban J connectivity index is 1.98. The van der Waals surface area contributed by atoms with Crippen LogP contribution in [0.1, 0.15) is 0 Å². The molecule has 0 radical (unpaired) electrons. The van der Waals surface area contributed by atoms with E-state index in [4.69, 9.17) is 16.3 Å². The number of halogens is 1. The molecule has 0 aliphatic heterocycles. The van der Waals surface area contributed by atoms with Crippen LogP contribution in [0.2, 0.25) is 5.02 Å². The lowest BCUT2D eigenvalue weighted by atomic mass is 10.2. The van der Waals surface area contributed by atoms with Gasteiger partial charge in [0.25, 0.3) is 11.6 Å². The summed E-state index contributed by atoms with van der Waals surface area (Å²) in [6.45, 7) is -0.271. The maximum absolute atomic E-state index is 11.8. The van der Waals surface area contributed by atoms with Gasteiger partial charge >= 0.3 is 0 Å². The van der Waals surface area contributed by atoms with Crippen LogP contribution in [0.3, 0.4) is 0 Å². The van der Waals surface area contributed by atoms with Crippen LogP contribution in [0.5, 0.6) is 5.75 Å². The van der Waals surface area contributed by atoms with Crippen molar-refractivity contribution in [3.8, 4) is 5.75 Å². The van der Waals surface area contributed by atoms with Crippen molar-refractivity contribution in [3.05, 3.63) is 63.7 Å². The zero-order valence-electron chi connectivity index (χ0n) is 10.8. The topological polar surface area (TPSA) is 81.5 Å². The van der Waals surface area contributed by atoms with Gasteiger partial charge in [-0.05, 0) is 24.3 Å². The third-order valence-electron chi connectivity index (χ3n) is 2.54. The molecule has 0 spiro atoms. The second kappa shape index (κ2) is 6.71. The molecule has 0 aliphatic rings. The first-order chi connectivity index (χ1) is 10.1. The van der Waals surface area contributed by atoms with Gasteiger partial charge < -0.3 is 10.1 Å². The molecule has 108 valence electrons. The van der Waals surface area contributed by atoms with Gasteiger partial charge in [-0.2, -0.15) is 0 Å². The number of amides is 1. The molecule has 0 unspecified atom stereocenters. The minimum absolute atomic E-state index is 0.127. The molecule has 1 N–H and O–H groups in total. The van der Waals surface area contributed by atoms with Crippen LogP contribution in [-0.4, -0.2) is 17.4 Å². The minimum atomic E-state index is -0.562. The average Bonchev–Trinajstić information content (AvgIpc) is 2.45. The Hall–Kier alpha value is -2.60. The van der Waals surface area contributed by atoms with E-state index in [1.165, 1.54) is 18.2 Å². The third kappa shape index (κ3) is 4.19. The van der Waals surface area contributed by atoms with Gasteiger partial charge in [-0.15, -0.1) is 0 Å². The molecule has 0 bridgehead atoms. The molecule has 6 nitrogen and oxygen atoms in total. The number of carbonyl (C=O) groups is 1. The molecule has 0 saturated heterocycles. The molecule has 0 atom stereocenters. The van der Waals surface area contributed by atoms with E-state index in [1.807, 2.05) is 0 Å². The second-order valence-corrected chi connectivity index (χ2v) is 4.50. The highest BCUT2D eigenvalue weighted by molar-refractivity contribution is 6.30. The first-order valence-corrected chi connectivity index (χ1v) is 6.35. The Labute approximate surface area is 125 Å². The summed E-state index contributed by atoms with van der Waals surface area (Å²) in [5.41, 5.74) is -0.0456. The predicted molar refractivity (Wildman–Crippen MR) is 78.7 cm³/mol. The Morgan fingerprint density at radius 3 is 2.71 bits per heavy atom. The summed E-state index contributed by atoms with van der Waals surface area (Å²) in [7, 11) is 0. The van der Waals surface area contributed by atoms with Gasteiger partial charge in [0.15, 0.2) is 6.61 Å². The van der Waals surface area contributed by atoms with E-state index < -0.39 is 10.8 Å².